The van der Waals surface area contributed by atoms with Gasteiger partial charge < -0.3 is 9.64 Å². The van der Waals surface area contributed by atoms with Gasteiger partial charge in [0, 0.05) is 20.3 Å². The number of ether oxygens (including phenoxy) is 1. The monoisotopic (exact) mass is 316 g/mol. The Kier molecular flexibility index (Phi) is 5.24. The van der Waals surface area contributed by atoms with Gasteiger partial charge in [-0.15, -0.1) is 0 Å². The normalized spacial score (nSPS) is 11.3. The lowest BCUT2D eigenvalue weighted by atomic mass is 10.2. The molecular weight excluding hydrogens is 299 g/mol. The molecule has 0 amide bonds. The first kappa shape index (κ1) is 16.4. The molecule has 0 spiro atoms. The number of benzene rings is 1. The van der Waals surface area contributed by atoms with E-state index in [9.17, 15) is 9.18 Å². The van der Waals surface area contributed by atoms with Crippen LogP contribution in [0.15, 0.2) is 40.2 Å². The van der Waals surface area contributed by atoms with Crippen molar-refractivity contribution in [1.82, 2.24) is 14.5 Å². The number of methoxy groups -OCH3 is 1. The van der Waals surface area contributed by atoms with E-state index >= 15 is 0 Å². The van der Waals surface area contributed by atoms with Crippen LogP contribution in [0.1, 0.15) is 5.56 Å². The van der Waals surface area contributed by atoms with E-state index in [0.717, 1.165) is 22.1 Å². The molecule has 0 aliphatic rings. The minimum Gasteiger partial charge on any atom is -0.497 e. The molecule has 0 N–H and O–H groups in total. The topological polar surface area (TPSA) is 59.7 Å². The highest BCUT2D eigenvalue weighted by Crippen LogP contribution is 2.13. The fraction of sp³-hybridized carbons (Fsp3) is 0.188. The first-order valence-electron chi connectivity index (χ1n) is 6.81. The van der Waals surface area contributed by atoms with Crippen molar-refractivity contribution in [2.45, 2.75) is 0 Å². The van der Waals surface area contributed by atoms with Gasteiger partial charge in [0.1, 0.15) is 5.75 Å². The van der Waals surface area contributed by atoms with Gasteiger partial charge in [-0.2, -0.15) is 4.98 Å². The highest BCUT2D eigenvalue weighted by Gasteiger charge is 2.05. The summed E-state index contributed by atoms with van der Waals surface area (Å²) in [4.78, 5) is 20.9. The van der Waals surface area contributed by atoms with Gasteiger partial charge in [-0.3, -0.25) is 4.57 Å². The van der Waals surface area contributed by atoms with Crippen molar-refractivity contribution in [1.29, 1.82) is 0 Å². The third-order valence-electron chi connectivity index (χ3n) is 2.84. The Morgan fingerprint density at radius 1 is 1.30 bits per heavy atom. The molecule has 0 radical (unpaired) electrons. The molecule has 0 fully saturated rings. The number of hydrogen-bond acceptors (Lipinski definition) is 4. The van der Waals surface area contributed by atoms with Crippen molar-refractivity contribution in [3.05, 3.63) is 52.3 Å². The van der Waals surface area contributed by atoms with Gasteiger partial charge in [0.15, 0.2) is 11.6 Å². The van der Waals surface area contributed by atoms with Gasteiger partial charge in [-0.05, 0) is 23.8 Å². The third-order valence-corrected chi connectivity index (χ3v) is 2.84. The molecule has 120 valence electrons. The predicted molar refractivity (Wildman–Crippen MR) is 88.5 cm³/mol. The molecule has 2 rings (SSSR count). The summed E-state index contributed by atoms with van der Waals surface area (Å²) >= 11 is 0. The molecule has 23 heavy (non-hydrogen) atoms. The van der Waals surface area contributed by atoms with E-state index in [-0.39, 0.29) is 5.82 Å². The molecule has 0 aliphatic carbocycles. The van der Waals surface area contributed by atoms with E-state index in [4.69, 9.17) is 4.74 Å². The lowest BCUT2D eigenvalue weighted by Crippen LogP contribution is -2.19. The van der Waals surface area contributed by atoms with E-state index in [1.165, 1.54) is 12.5 Å². The Balaban J connectivity index is 2.24. The molecular formula is C16H17FN4O2. The Labute approximate surface area is 133 Å². The minimum absolute atomic E-state index is 0.238. The van der Waals surface area contributed by atoms with Gasteiger partial charge in [0.05, 0.1) is 19.6 Å². The van der Waals surface area contributed by atoms with Crippen molar-refractivity contribution >= 4 is 24.4 Å². The number of aromatic nitrogens is 2. The molecule has 1 aromatic carbocycles. The summed E-state index contributed by atoms with van der Waals surface area (Å²) in [6, 6.07) is 7.22. The minimum atomic E-state index is -0.679. The van der Waals surface area contributed by atoms with Gasteiger partial charge in [-0.25, -0.2) is 14.2 Å². The van der Waals surface area contributed by atoms with E-state index in [1.54, 1.807) is 44.3 Å². The second kappa shape index (κ2) is 7.35. The Morgan fingerprint density at radius 2 is 2.00 bits per heavy atom. The first-order chi connectivity index (χ1) is 11.0. The highest BCUT2D eigenvalue weighted by molar-refractivity contribution is 5.61. The summed E-state index contributed by atoms with van der Waals surface area (Å²) in [5.74, 6) is -0.185. The molecule has 0 unspecified atom stereocenters. The van der Waals surface area contributed by atoms with Crippen molar-refractivity contribution in [3.8, 4) is 5.75 Å². The quantitative estimate of drug-likeness (QED) is 0.627. The predicted octanol–water partition coefficient (Wildman–Crippen LogP) is 2.24. The zero-order chi connectivity index (χ0) is 16.8. The fourth-order valence-corrected chi connectivity index (χ4v) is 1.69. The summed E-state index contributed by atoms with van der Waals surface area (Å²) in [6.07, 6.45) is 5.55. The highest BCUT2D eigenvalue weighted by atomic mass is 19.1. The summed E-state index contributed by atoms with van der Waals surface area (Å²) < 4.78 is 20.0. The summed E-state index contributed by atoms with van der Waals surface area (Å²) in [5.41, 5.74) is 0.231. The van der Waals surface area contributed by atoms with Crippen LogP contribution in [-0.4, -0.2) is 42.0 Å². The number of rotatable bonds is 5. The van der Waals surface area contributed by atoms with E-state index in [1.807, 2.05) is 12.1 Å². The maximum Gasteiger partial charge on any atom is 0.353 e. The molecule has 0 atom stereocenters. The molecule has 2 aromatic rings. The lowest BCUT2D eigenvalue weighted by Gasteiger charge is -2.03. The Hall–Kier alpha value is -2.96. The van der Waals surface area contributed by atoms with Crippen LogP contribution < -0.4 is 10.4 Å². The van der Waals surface area contributed by atoms with Crippen molar-refractivity contribution in [3.63, 3.8) is 0 Å². The molecule has 0 bridgehead atoms. The van der Waals surface area contributed by atoms with Gasteiger partial charge in [0.2, 0.25) is 0 Å². The average molecular weight is 316 g/mol. The molecule has 6 nitrogen and oxygen atoms in total. The SMILES string of the molecule is COc1ccc(C=Cn2cc(F)c(N=CN(C)C)nc2=O)cc1. The van der Waals surface area contributed by atoms with Crippen LogP contribution >= 0.6 is 0 Å². The molecule has 0 aliphatic heterocycles. The number of nitrogens with zero attached hydrogens (tertiary/aromatic N) is 4. The van der Waals surface area contributed by atoms with E-state index < -0.39 is 11.5 Å². The third kappa shape index (κ3) is 4.50. The van der Waals surface area contributed by atoms with Crippen LogP contribution in [0.5, 0.6) is 5.75 Å². The van der Waals surface area contributed by atoms with Crippen LogP contribution in [0.4, 0.5) is 10.2 Å². The van der Waals surface area contributed by atoms with E-state index in [0.29, 0.717) is 0 Å². The lowest BCUT2D eigenvalue weighted by molar-refractivity contribution is 0.415. The molecule has 1 aromatic heterocycles. The molecule has 1 heterocycles. The van der Waals surface area contributed by atoms with Crippen molar-refractivity contribution < 1.29 is 9.13 Å². The summed E-state index contributed by atoms with van der Waals surface area (Å²) in [6.45, 7) is 0. The van der Waals surface area contributed by atoms with Crippen LogP contribution in [0, 0.1) is 5.82 Å². The number of hydrogen-bond donors (Lipinski definition) is 0. The van der Waals surface area contributed by atoms with Crippen molar-refractivity contribution in [2.24, 2.45) is 4.99 Å². The molecule has 0 saturated carbocycles. The maximum atomic E-state index is 13.9. The second-order valence-electron chi connectivity index (χ2n) is 4.90. The largest absolute Gasteiger partial charge is 0.497 e. The summed E-state index contributed by atoms with van der Waals surface area (Å²) in [5, 5.41) is 0. The second-order valence-corrected chi connectivity index (χ2v) is 4.90. The smallest absolute Gasteiger partial charge is 0.353 e. The van der Waals surface area contributed by atoms with Crippen molar-refractivity contribution in [2.75, 3.05) is 21.2 Å². The van der Waals surface area contributed by atoms with E-state index in [2.05, 4.69) is 9.98 Å². The maximum absolute atomic E-state index is 13.9. The van der Waals surface area contributed by atoms with Crippen LogP contribution in [0.3, 0.4) is 0 Å². The number of aliphatic imine (C=N–C) groups is 1. The van der Waals surface area contributed by atoms with Gasteiger partial charge in [0.25, 0.3) is 0 Å². The van der Waals surface area contributed by atoms with Crippen LogP contribution in [0.25, 0.3) is 12.3 Å². The molecule has 7 heteroatoms. The van der Waals surface area contributed by atoms with Crippen LogP contribution in [0.2, 0.25) is 0 Å². The first-order valence-corrected chi connectivity index (χ1v) is 6.81. The fourth-order valence-electron chi connectivity index (χ4n) is 1.69. The average Bonchev–Trinajstić information content (AvgIpc) is 2.54. The zero-order valence-electron chi connectivity index (χ0n) is 13.1. The van der Waals surface area contributed by atoms with Gasteiger partial charge >= 0.3 is 5.69 Å². The van der Waals surface area contributed by atoms with Gasteiger partial charge in [-0.1, -0.05) is 12.1 Å². The summed E-state index contributed by atoms with van der Waals surface area (Å²) in [7, 11) is 5.06. The zero-order valence-corrected chi connectivity index (χ0v) is 13.1. The van der Waals surface area contributed by atoms with Crippen LogP contribution in [-0.2, 0) is 0 Å². The molecule has 0 saturated heterocycles. The Bertz CT molecular complexity index is 780. The Morgan fingerprint density at radius 3 is 2.61 bits per heavy atom. The standard InChI is InChI=1S/C16H17FN4O2/c1-20(2)11-18-15-14(17)10-21(16(22)19-15)9-8-12-4-6-13(23-3)7-5-12/h4-11H,1-3H3. The number of halogens is 1.